The normalized spacial score (nSPS) is 7.88. The van der Waals surface area contributed by atoms with Crippen molar-refractivity contribution in [2.75, 3.05) is 0 Å². The summed E-state index contributed by atoms with van der Waals surface area (Å²) in [4.78, 5) is 16.7. The molecule has 0 rings (SSSR count). The van der Waals surface area contributed by atoms with Gasteiger partial charge in [-0.2, -0.15) is 0 Å². The molecule has 0 aromatic heterocycles. The van der Waals surface area contributed by atoms with E-state index in [1.165, 1.54) is 38.5 Å². The molecule has 0 aliphatic rings. The standard InChI is InChI=1S/C10H20.2CHNO/c1-3-5-7-9-10-8-6-4-2;2*2-1-3/h3,5H,4,6-10H2,1-2H3;2*2H. The van der Waals surface area contributed by atoms with E-state index in [2.05, 4.69) is 26.0 Å². The third-order valence-corrected chi connectivity index (χ3v) is 1.71. The van der Waals surface area contributed by atoms with E-state index in [4.69, 9.17) is 20.4 Å². The van der Waals surface area contributed by atoms with E-state index in [-0.39, 0.29) is 0 Å². The van der Waals surface area contributed by atoms with Crippen LogP contribution in [0, 0.1) is 10.8 Å². The first-order valence-electron chi connectivity index (χ1n) is 5.43. The quantitative estimate of drug-likeness (QED) is 0.313. The van der Waals surface area contributed by atoms with Crippen LogP contribution in [0.2, 0.25) is 0 Å². The zero-order valence-corrected chi connectivity index (χ0v) is 10.2. The van der Waals surface area contributed by atoms with E-state index in [1.54, 1.807) is 0 Å². The van der Waals surface area contributed by atoms with Crippen molar-refractivity contribution in [2.45, 2.75) is 52.4 Å². The topological polar surface area (TPSA) is 81.8 Å². The molecule has 0 amide bonds. The average Bonchev–Trinajstić information content (AvgIpc) is 2.26. The summed E-state index contributed by atoms with van der Waals surface area (Å²) in [5, 5.41) is 10.8. The van der Waals surface area contributed by atoms with Crippen molar-refractivity contribution in [3.63, 3.8) is 0 Å². The molecule has 92 valence electrons. The van der Waals surface area contributed by atoms with Crippen molar-refractivity contribution in [3.8, 4) is 0 Å². The van der Waals surface area contributed by atoms with Gasteiger partial charge in [0.1, 0.15) is 0 Å². The summed E-state index contributed by atoms with van der Waals surface area (Å²) < 4.78 is 0. The fraction of sp³-hybridized carbons (Fsp3) is 0.667. The first-order chi connectivity index (χ1) is 7.74. The minimum atomic E-state index is 0.750. The van der Waals surface area contributed by atoms with E-state index in [0.717, 1.165) is 12.2 Å². The van der Waals surface area contributed by atoms with Crippen LogP contribution >= 0.6 is 0 Å². The summed E-state index contributed by atoms with van der Waals surface area (Å²) in [5.41, 5.74) is 0. The summed E-state index contributed by atoms with van der Waals surface area (Å²) in [5.74, 6) is 0. The zero-order chi connectivity index (χ0) is 13.1. The van der Waals surface area contributed by atoms with E-state index >= 15 is 0 Å². The highest BCUT2D eigenvalue weighted by atomic mass is 16.1. The molecule has 0 saturated heterocycles. The molecular weight excluding hydrogens is 204 g/mol. The SMILES string of the molecule is CC=CCCCCCCC.N=C=O.N=C=O. The Bertz CT molecular complexity index is 189. The molecular formula is C12H22N2O2. The highest BCUT2D eigenvalue weighted by Gasteiger charge is 1.84. The highest BCUT2D eigenvalue weighted by Crippen LogP contribution is 2.04. The second-order valence-corrected chi connectivity index (χ2v) is 2.98. The van der Waals surface area contributed by atoms with Crippen LogP contribution in [-0.2, 0) is 9.59 Å². The maximum Gasteiger partial charge on any atom is 0.231 e. The van der Waals surface area contributed by atoms with Crippen LogP contribution in [0.5, 0.6) is 0 Å². The second-order valence-electron chi connectivity index (χ2n) is 2.98. The smallest absolute Gasteiger partial charge is 0.222 e. The number of hydrogen-bond donors (Lipinski definition) is 2. The van der Waals surface area contributed by atoms with E-state index in [0.29, 0.717) is 0 Å². The van der Waals surface area contributed by atoms with Crippen LogP contribution in [0.1, 0.15) is 52.4 Å². The maximum atomic E-state index is 8.35. The molecule has 0 aromatic carbocycles. The van der Waals surface area contributed by atoms with Crippen molar-refractivity contribution in [2.24, 2.45) is 0 Å². The van der Waals surface area contributed by atoms with Gasteiger partial charge in [0.05, 0.1) is 0 Å². The number of allylic oxidation sites excluding steroid dienone is 2. The Morgan fingerprint density at radius 1 is 1.00 bits per heavy atom. The largest absolute Gasteiger partial charge is 0.231 e. The molecule has 0 aromatic rings. The van der Waals surface area contributed by atoms with Gasteiger partial charge in [0.2, 0.25) is 12.2 Å². The van der Waals surface area contributed by atoms with Gasteiger partial charge in [0.25, 0.3) is 0 Å². The summed E-state index contributed by atoms with van der Waals surface area (Å²) >= 11 is 0. The van der Waals surface area contributed by atoms with Gasteiger partial charge in [-0.3, -0.25) is 0 Å². The lowest BCUT2D eigenvalue weighted by atomic mass is 10.1. The predicted octanol–water partition coefficient (Wildman–Crippen LogP) is 3.72. The summed E-state index contributed by atoms with van der Waals surface area (Å²) in [6.45, 7) is 4.35. The monoisotopic (exact) mass is 226 g/mol. The Balaban J connectivity index is -0.000000235. The van der Waals surface area contributed by atoms with Crippen molar-refractivity contribution in [1.29, 1.82) is 10.8 Å². The van der Waals surface area contributed by atoms with E-state index < -0.39 is 0 Å². The zero-order valence-electron chi connectivity index (χ0n) is 10.2. The third-order valence-electron chi connectivity index (χ3n) is 1.71. The molecule has 0 fully saturated rings. The molecule has 0 aliphatic carbocycles. The highest BCUT2D eigenvalue weighted by molar-refractivity contribution is 5.26. The van der Waals surface area contributed by atoms with Crippen molar-refractivity contribution >= 4 is 12.2 Å². The molecule has 0 spiro atoms. The summed E-state index contributed by atoms with van der Waals surface area (Å²) in [6, 6.07) is 0. The summed E-state index contributed by atoms with van der Waals surface area (Å²) in [7, 11) is 0. The lowest BCUT2D eigenvalue weighted by Crippen LogP contribution is -1.75. The van der Waals surface area contributed by atoms with Gasteiger partial charge in [0.15, 0.2) is 0 Å². The van der Waals surface area contributed by atoms with Gasteiger partial charge in [0, 0.05) is 0 Å². The first-order valence-corrected chi connectivity index (χ1v) is 5.43. The number of rotatable bonds is 6. The van der Waals surface area contributed by atoms with Crippen LogP contribution in [0.3, 0.4) is 0 Å². The van der Waals surface area contributed by atoms with Gasteiger partial charge in [-0.1, -0.05) is 44.8 Å². The van der Waals surface area contributed by atoms with Gasteiger partial charge < -0.3 is 0 Å². The fourth-order valence-corrected chi connectivity index (χ4v) is 1.03. The fourth-order valence-electron chi connectivity index (χ4n) is 1.03. The van der Waals surface area contributed by atoms with Gasteiger partial charge in [-0.15, -0.1) is 0 Å². The Hall–Kier alpha value is -1.50. The molecule has 0 atom stereocenters. The third kappa shape index (κ3) is 54.6. The van der Waals surface area contributed by atoms with Gasteiger partial charge in [-0.05, 0) is 19.8 Å². The molecule has 0 saturated carbocycles. The molecule has 4 nitrogen and oxygen atoms in total. The summed E-state index contributed by atoms with van der Waals surface area (Å²) in [6.07, 6.45) is 14.2. The van der Waals surface area contributed by atoms with Crippen LogP contribution in [0.4, 0.5) is 0 Å². The molecule has 0 bridgehead atoms. The Morgan fingerprint density at radius 2 is 1.44 bits per heavy atom. The molecule has 0 unspecified atom stereocenters. The lowest BCUT2D eigenvalue weighted by Gasteiger charge is -1.95. The van der Waals surface area contributed by atoms with Crippen molar-refractivity contribution < 1.29 is 9.59 Å². The maximum absolute atomic E-state index is 8.35. The molecule has 16 heavy (non-hydrogen) atoms. The van der Waals surface area contributed by atoms with E-state index in [1.807, 2.05) is 0 Å². The number of carbonyl (C=O) groups excluding carboxylic acids is 2. The van der Waals surface area contributed by atoms with Crippen LogP contribution < -0.4 is 0 Å². The average molecular weight is 226 g/mol. The molecule has 2 N–H and O–H groups in total. The minimum Gasteiger partial charge on any atom is -0.222 e. The van der Waals surface area contributed by atoms with Crippen LogP contribution in [0.25, 0.3) is 0 Å². The van der Waals surface area contributed by atoms with Crippen LogP contribution in [0.15, 0.2) is 12.2 Å². The van der Waals surface area contributed by atoms with E-state index in [9.17, 15) is 0 Å². The predicted molar refractivity (Wildman–Crippen MR) is 65.0 cm³/mol. The van der Waals surface area contributed by atoms with Crippen molar-refractivity contribution in [3.05, 3.63) is 12.2 Å². The van der Waals surface area contributed by atoms with Crippen LogP contribution in [-0.4, -0.2) is 12.2 Å². The Kier molecular flexibility index (Phi) is 36.5. The van der Waals surface area contributed by atoms with Gasteiger partial charge >= 0.3 is 0 Å². The number of unbranched alkanes of at least 4 members (excludes halogenated alkanes) is 5. The molecule has 4 heteroatoms. The minimum absolute atomic E-state index is 0.750. The lowest BCUT2D eigenvalue weighted by molar-refractivity contribution is 0.562. The second kappa shape index (κ2) is 29.2. The van der Waals surface area contributed by atoms with Gasteiger partial charge in [-0.25, -0.2) is 20.4 Å². The number of isocyanates is 2. The molecule has 0 heterocycles. The first kappa shape index (κ1) is 20.0. The van der Waals surface area contributed by atoms with Crippen molar-refractivity contribution in [1.82, 2.24) is 0 Å². The number of nitrogens with one attached hydrogen (secondary N) is 2. The Morgan fingerprint density at radius 3 is 1.81 bits per heavy atom. The molecule has 0 aliphatic heterocycles. The number of hydrogen-bond acceptors (Lipinski definition) is 4. The Labute approximate surface area is 97.8 Å². The molecule has 0 radical (unpaired) electrons.